The Hall–Kier alpha value is -3.52. The average Bonchev–Trinajstić information content (AvgIpc) is 3.51. The largest absolute Gasteiger partial charge is 0.356 e. The number of carbonyl (C=O) groups excluding carboxylic acids is 4. The van der Waals surface area contributed by atoms with Crippen molar-refractivity contribution in [1.29, 1.82) is 0 Å². The van der Waals surface area contributed by atoms with Gasteiger partial charge in [0.2, 0.25) is 23.6 Å². The quantitative estimate of drug-likeness (QED) is 0.309. The van der Waals surface area contributed by atoms with E-state index in [-0.39, 0.29) is 73.1 Å². The van der Waals surface area contributed by atoms with Crippen LogP contribution in [0.5, 0.6) is 0 Å². The Morgan fingerprint density at radius 2 is 1.69 bits per heavy atom. The number of rotatable bonds is 7. The van der Waals surface area contributed by atoms with Crippen molar-refractivity contribution in [3.8, 4) is 0 Å². The molecule has 1 saturated carbocycles. The summed E-state index contributed by atoms with van der Waals surface area (Å²) in [5, 5.41) is 10.0. The molecule has 5 aliphatic rings. The second-order valence-corrected chi connectivity index (χ2v) is 17.1. The number of nitrogens with zero attached hydrogens (tertiary/aromatic N) is 3. The molecule has 1 aromatic heterocycles. The maximum Gasteiger partial charge on any atom is 0.251 e. The number of piperidine rings is 2. The van der Waals surface area contributed by atoms with Crippen LogP contribution >= 0.6 is 11.3 Å². The fraction of sp³-hybridized carbons (Fsp3) is 0.675. The number of aromatic nitrogens is 1. The summed E-state index contributed by atoms with van der Waals surface area (Å²) < 4.78 is 41.2. The predicted octanol–water partition coefficient (Wildman–Crippen LogP) is 5.74. The van der Waals surface area contributed by atoms with Gasteiger partial charge in [0.15, 0.2) is 0 Å². The minimum absolute atomic E-state index is 0.0863. The molecule has 1 aliphatic carbocycles. The van der Waals surface area contributed by atoms with E-state index >= 15 is 0 Å². The van der Waals surface area contributed by atoms with Crippen molar-refractivity contribution in [2.75, 3.05) is 39.3 Å². The lowest BCUT2D eigenvalue weighted by Crippen LogP contribution is -2.50. The van der Waals surface area contributed by atoms with Crippen molar-refractivity contribution in [3.63, 3.8) is 0 Å². The number of hydrogen-bond donors (Lipinski definition) is 3. The second kappa shape index (κ2) is 18.4. The van der Waals surface area contributed by atoms with E-state index < -0.39 is 17.8 Å². The maximum absolute atomic E-state index is 14.0. The Labute approximate surface area is 320 Å². The van der Waals surface area contributed by atoms with Crippen LogP contribution in [0.3, 0.4) is 0 Å². The van der Waals surface area contributed by atoms with Crippen molar-refractivity contribution in [2.45, 2.75) is 121 Å². The van der Waals surface area contributed by atoms with E-state index in [4.69, 9.17) is 4.98 Å². The number of likely N-dealkylation sites (tertiary alicyclic amines) is 1. The summed E-state index contributed by atoms with van der Waals surface area (Å²) in [6.45, 7) is 5.67. The van der Waals surface area contributed by atoms with Crippen LogP contribution in [-0.2, 0) is 20.8 Å². The Balaban J connectivity index is 1.11. The summed E-state index contributed by atoms with van der Waals surface area (Å²) in [4.78, 5) is 63.1. The van der Waals surface area contributed by atoms with E-state index in [1.54, 1.807) is 11.3 Å². The number of hydrogen-bond acceptors (Lipinski definition) is 7. The number of fused-ring (bicyclic) bond motifs is 11. The van der Waals surface area contributed by atoms with Crippen LogP contribution in [0.2, 0.25) is 0 Å². The Kier molecular flexibility index (Phi) is 13.7. The smallest absolute Gasteiger partial charge is 0.251 e. The average molecular weight is 773 g/mol. The van der Waals surface area contributed by atoms with Crippen LogP contribution in [-0.4, -0.2) is 95.7 Å². The lowest BCUT2D eigenvalue weighted by Gasteiger charge is -2.45. The molecule has 4 aliphatic heterocycles. The number of thiazole rings is 1. The molecule has 4 amide bonds. The third kappa shape index (κ3) is 11.0. The van der Waals surface area contributed by atoms with Gasteiger partial charge in [0, 0.05) is 86.8 Å². The fourth-order valence-electron chi connectivity index (χ4n) is 8.71. The summed E-state index contributed by atoms with van der Waals surface area (Å²) in [5.74, 6) is -2.96. The SMILES string of the molecule is Cc1sc2nc1CC(=O)N[C@@H](CCCCNC(=O)c1ccc(F)cc1)CC(=O)NCC[C@H]1CN(C3CCC(F)(F)CC3)CC[C@H]1CC(=O)N1CCC2CC1. The summed E-state index contributed by atoms with van der Waals surface area (Å²) in [5.41, 5.74) is 1.12. The molecule has 2 saturated heterocycles. The first-order valence-electron chi connectivity index (χ1n) is 19.9. The van der Waals surface area contributed by atoms with Gasteiger partial charge in [-0.15, -0.1) is 11.3 Å². The van der Waals surface area contributed by atoms with Gasteiger partial charge in [0.25, 0.3) is 5.91 Å². The number of amides is 4. The number of unbranched alkanes of at least 4 members (excludes halogenated alkanes) is 1. The maximum atomic E-state index is 14.0. The molecule has 7 rings (SSSR count). The van der Waals surface area contributed by atoms with Gasteiger partial charge >= 0.3 is 0 Å². The highest BCUT2D eigenvalue weighted by Gasteiger charge is 2.40. The Morgan fingerprint density at radius 1 is 0.944 bits per heavy atom. The fourth-order valence-corrected chi connectivity index (χ4v) is 9.82. The Morgan fingerprint density at radius 3 is 2.43 bits per heavy atom. The molecule has 2 aromatic rings. The van der Waals surface area contributed by atoms with Crippen molar-refractivity contribution >= 4 is 35.0 Å². The summed E-state index contributed by atoms with van der Waals surface area (Å²) in [6, 6.07) is 5.05. The lowest BCUT2D eigenvalue weighted by molar-refractivity contribution is -0.134. The molecule has 0 spiro atoms. The molecule has 14 heteroatoms. The molecular formula is C40H55F3N6O4S. The van der Waals surface area contributed by atoms with Crippen molar-refractivity contribution < 1.29 is 32.3 Å². The lowest BCUT2D eigenvalue weighted by atomic mass is 9.79. The molecule has 0 unspecified atom stereocenters. The van der Waals surface area contributed by atoms with Crippen LogP contribution in [0.15, 0.2) is 24.3 Å². The number of benzene rings is 1. The summed E-state index contributed by atoms with van der Waals surface area (Å²) in [7, 11) is 0. The molecular weight excluding hydrogens is 718 g/mol. The number of halogens is 3. The number of aryl methyl sites for hydroxylation is 1. The van der Waals surface area contributed by atoms with E-state index in [0.29, 0.717) is 76.7 Å². The summed E-state index contributed by atoms with van der Waals surface area (Å²) in [6.07, 6.45) is 6.44. The zero-order valence-corrected chi connectivity index (χ0v) is 32.2. The van der Waals surface area contributed by atoms with E-state index in [0.717, 1.165) is 47.9 Å². The van der Waals surface area contributed by atoms with Crippen LogP contribution in [0.1, 0.15) is 115 Å². The third-order valence-electron chi connectivity index (χ3n) is 12.0. The van der Waals surface area contributed by atoms with E-state index in [1.165, 1.54) is 24.3 Å². The molecule has 5 heterocycles. The molecule has 4 bridgehead atoms. The highest BCUT2D eigenvalue weighted by Crippen LogP contribution is 2.39. The highest BCUT2D eigenvalue weighted by molar-refractivity contribution is 7.11. The zero-order valence-electron chi connectivity index (χ0n) is 31.4. The van der Waals surface area contributed by atoms with Gasteiger partial charge in [0.05, 0.1) is 17.1 Å². The van der Waals surface area contributed by atoms with Crippen LogP contribution < -0.4 is 16.0 Å². The first-order valence-corrected chi connectivity index (χ1v) is 20.7. The first-order chi connectivity index (χ1) is 25.9. The molecule has 10 nitrogen and oxygen atoms in total. The van der Waals surface area contributed by atoms with Crippen molar-refractivity contribution in [1.82, 2.24) is 30.7 Å². The molecule has 3 fully saturated rings. The van der Waals surface area contributed by atoms with Gasteiger partial charge in [-0.25, -0.2) is 18.2 Å². The standard InChI is InChI=1S/C40H55F3N6O4S/c1-26-34-24-36(51)46-32(4-2-3-17-45-38(53)27-5-7-31(41)8-6-27)23-35(50)44-18-11-30-25-49(33-9-15-40(42,43)16-10-33)21-14-29(30)22-37(52)48-19-12-28(13-20-48)39(47-34)54-26/h5-8,28-30,32-33H,2-4,9-25H2,1H3,(H,44,50)(H,45,53)(H,46,51)/t29-,30-,32-/m0/s1. The van der Waals surface area contributed by atoms with Crippen molar-refractivity contribution in [3.05, 3.63) is 51.2 Å². The minimum atomic E-state index is -2.59. The molecule has 54 heavy (non-hydrogen) atoms. The molecule has 0 radical (unpaired) electrons. The van der Waals surface area contributed by atoms with E-state index in [2.05, 4.69) is 20.9 Å². The van der Waals surface area contributed by atoms with Gasteiger partial charge in [-0.1, -0.05) is 0 Å². The highest BCUT2D eigenvalue weighted by atomic mass is 32.1. The predicted molar refractivity (Wildman–Crippen MR) is 201 cm³/mol. The van der Waals surface area contributed by atoms with Crippen LogP contribution in [0, 0.1) is 24.6 Å². The van der Waals surface area contributed by atoms with Gasteiger partial charge in [-0.05, 0) is 107 Å². The van der Waals surface area contributed by atoms with Gasteiger partial charge in [-0.3, -0.25) is 19.2 Å². The molecule has 3 N–H and O–H groups in total. The minimum Gasteiger partial charge on any atom is -0.356 e. The zero-order chi connectivity index (χ0) is 38.2. The summed E-state index contributed by atoms with van der Waals surface area (Å²) >= 11 is 1.62. The number of nitrogens with one attached hydrogen (secondary N) is 3. The number of carbonyl (C=O) groups is 4. The van der Waals surface area contributed by atoms with Gasteiger partial charge in [0.1, 0.15) is 5.82 Å². The third-order valence-corrected chi connectivity index (χ3v) is 13.2. The monoisotopic (exact) mass is 772 g/mol. The second-order valence-electron chi connectivity index (χ2n) is 15.8. The van der Waals surface area contributed by atoms with E-state index in [9.17, 15) is 32.3 Å². The Bertz CT molecular complexity index is 1600. The molecule has 296 valence electrons. The number of alkyl halides is 2. The molecule has 1 aromatic carbocycles. The van der Waals surface area contributed by atoms with Gasteiger partial charge < -0.3 is 25.8 Å². The normalized spacial score (nSPS) is 25.4. The topological polar surface area (TPSA) is 124 Å². The first kappa shape index (κ1) is 40.2. The van der Waals surface area contributed by atoms with Crippen LogP contribution in [0.25, 0.3) is 0 Å². The molecule has 3 atom stereocenters. The van der Waals surface area contributed by atoms with Gasteiger partial charge in [-0.2, -0.15) is 0 Å². The van der Waals surface area contributed by atoms with Crippen LogP contribution in [0.4, 0.5) is 13.2 Å². The van der Waals surface area contributed by atoms with E-state index in [1.807, 2.05) is 11.8 Å². The van der Waals surface area contributed by atoms with Crippen molar-refractivity contribution in [2.24, 2.45) is 11.8 Å².